The summed E-state index contributed by atoms with van der Waals surface area (Å²) in [5.74, 6) is -1.57. The lowest BCUT2D eigenvalue weighted by Crippen LogP contribution is -2.32. The maximum Gasteiger partial charge on any atom is 0.239 e. The molecule has 2 rings (SSSR count). The van der Waals surface area contributed by atoms with E-state index in [1.54, 1.807) is 6.92 Å². The third-order valence-corrected chi connectivity index (χ3v) is 4.06. The Morgan fingerprint density at radius 3 is 2.64 bits per heavy atom. The Kier molecular flexibility index (Phi) is 5.70. The Labute approximate surface area is 141 Å². The van der Waals surface area contributed by atoms with Gasteiger partial charge in [-0.25, -0.2) is 8.78 Å². The predicted octanol–water partition coefficient (Wildman–Crippen LogP) is 3.86. The topological polar surface area (TPSA) is 41.1 Å². The fraction of sp³-hybridized carbons (Fsp3) is 0.188. The van der Waals surface area contributed by atoms with Crippen molar-refractivity contribution < 1.29 is 13.6 Å². The number of amides is 1. The van der Waals surface area contributed by atoms with Crippen molar-refractivity contribution in [3.8, 4) is 0 Å². The van der Waals surface area contributed by atoms with Gasteiger partial charge in [-0.15, -0.1) is 0 Å². The Morgan fingerprint density at radius 2 is 1.95 bits per heavy atom. The lowest BCUT2D eigenvalue weighted by molar-refractivity contribution is -0.120. The first-order valence-electron chi connectivity index (χ1n) is 6.70. The Morgan fingerprint density at radius 1 is 1.23 bits per heavy atom. The summed E-state index contributed by atoms with van der Waals surface area (Å²) in [5.41, 5.74) is 1.11. The van der Waals surface area contributed by atoms with E-state index in [1.807, 2.05) is 24.3 Å². The predicted molar refractivity (Wildman–Crippen MR) is 90.6 cm³/mol. The zero-order valence-electron chi connectivity index (χ0n) is 11.9. The molecule has 0 fully saturated rings. The van der Waals surface area contributed by atoms with Crippen LogP contribution in [0.1, 0.15) is 18.5 Å². The van der Waals surface area contributed by atoms with Crippen molar-refractivity contribution in [2.45, 2.75) is 13.0 Å². The van der Waals surface area contributed by atoms with Gasteiger partial charge >= 0.3 is 0 Å². The van der Waals surface area contributed by atoms with E-state index in [9.17, 15) is 13.6 Å². The van der Waals surface area contributed by atoms with Crippen LogP contribution in [0, 0.1) is 15.2 Å². The number of anilines is 1. The van der Waals surface area contributed by atoms with Gasteiger partial charge in [0.25, 0.3) is 0 Å². The number of hydrogen-bond acceptors (Lipinski definition) is 2. The molecule has 0 aliphatic rings. The van der Waals surface area contributed by atoms with Crippen LogP contribution in [-0.2, 0) is 4.79 Å². The van der Waals surface area contributed by atoms with Crippen molar-refractivity contribution in [1.82, 2.24) is 5.32 Å². The van der Waals surface area contributed by atoms with Gasteiger partial charge in [0, 0.05) is 20.9 Å². The van der Waals surface area contributed by atoms with Gasteiger partial charge in [-0.05, 0) is 47.7 Å². The van der Waals surface area contributed by atoms with Gasteiger partial charge in [0.1, 0.15) is 11.6 Å². The molecule has 6 heteroatoms. The average molecular weight is 416 g/mol. The number of carbonyl (C=O) groups is 1. The second kappa shape index (κ2) is 7.53. The summed E-state index contributed by atoms with van der Waals surface area (Å²) in [6.45, 7) is 1.73. The first-order valence-corrected chi connectivity index (χ1v) is 7.78. The summed E-state index contributed by atoms with van der Waals surface area (Å²) in [6.07, 6.45) is 0. The molecule has 0 saturated carbocycles. The number of para-hydroxylation sites is 1. The van der Waals surface area contributed by atoms with Crippen molar-refractivity contribution in [3.05, 3.63) is 63.2 Å². The fourth-order valence-corrected chi connectivity index (χ4v) is 2.58. The number of nitrogens with one attached hydrogen (secondary N) is 2. The first kappa shape index (κ1) is 16.7. The van der Waals surface area contributed by atoms with Crippen LogP contribution in [0.2, 0.25) is 0 Å². The van der Waals surface area contributed by atoms with E-state index in [0.29, 0.717) is 0 Å². The summed E-state index contributed by atoms with van der Waals surface area (Å²) in [5, 5.41) is 5.70. The summed E-state index contributed by atoms with van der Waals surface area (Å²) in [7, 11) is 0. The number of benzene rings is 2. The minimum atomic E-state index is -0.668. The van der Waals surface area contributed by atoms with Gasteiger partial charge < -0.3 is 10.6 Å². The number of carbonyl (C=O) groups excluding carboxylic acids is 1. The molecule has 0 aliphatic heterocycles. The lowest BCUT2D eigenvalue weighted by atomic mass is 10.1. The minimum Gasteiger partial charge on any atom is -0.375 e. The lowest BCUT2D eigenvalue weighted by Gasteiger charge is -2.16. The third kappa shape index (κ3) is 4.40. The molecule has 0 unspecified atom stereocenters. The Balaban J connectivity index is 1.93. The van der Waals surface area contributed by atoms with E-state index in [-0.39, 0.29) is 18.0 Å². The maximum atomic E-state index is 13.6. The van der Waals surface area contributed by atoms with Crippen molar-refractivity contribution in [2.75, 3.05) is 11.9 Å². The molecule has 116 valence electrons. The van der Waals surface area contributed by atoms with Gasteiger partial charge in [0.15, 0.2) is 0 Å². The molecule has 0 radical (unpaired) electrons. The molecule has 2 aromatic carbocycles. The van der Waals surface area contributed by atoms with Crippen LogP contribution >= 0.6 is 22.6 Å². The largest absolute Gasteiger partial charge is 0.375 e. The van der Waals surface area contributed by atoms with E-state index in [0.717, 1.165) is 15.3 Å². The normalized spacial score (nSPS) is 11.8. The van der Waals surface area contributed by atoms with Gasteiger partial charge in [-0.2, -0.15) is 0 Å². The summed E-state index contributed by atoms with van der Waals surface area (Å²) >= 11 is 2.17. The van der Waals surface area contributed by atoms with Crippen LogP contribution in [-0.4, -0.2) is 12.5 Å². The van der Waals surface area contributed by atoms with Crippen molar-refractivity contribution in [3.63, 3.8) is 0 Å². The first-order chi connectivity index (χ1) is 10.5. The van der Waals surface area contributed by atoms with E-state index < -0.39 is 17.7 Å². The van der Waals surface area contributed by atoms with Crippen molar-refractivity contribution in [1.29, 1.82) is 0 Å². The highest BCUT2D eigenvalue weighted by atomic mass is 127. The number of rotatable bonds is 5. The van der Waals surface area contributed by atoms with Crippen LogP contribution in [0.4, 0.5) is 14.5 Å². The smallest absolute Gasteiger partial charge is 0.239 e. The molecule has 0 bridgehead atoms. The zero-order valence-corrected chi connectivity index (χ0v) is 14.0. The monoisotopic (exact) mass is 416 g/mol. The Bertz CT molecular complexity index is 679. The highest BCUT2D eigenvalue weighted by molar-refractivity contribution is 14.1. The molecule has 22 heavy (non-hydrogen) atoms. The van der Waals surface area contributed by atoms with E-state index in [2.05, 4.69) is 33.2 Å². The maximum absolute atomic E-state index is 13.6. The molecule has 0 heterocycles. The summed E-state index contributed by atoms with van der Waals surface area (Å²) < 4.78 is 27.5. The standard InChI is InChI=1S/C16H15F2IN2O/c1-10(12-7-6-11(17)8-13(12)18)21-16(22)9-20-15-5-3-2-4-14(15)19/h2-8,10,20H,9H2,1H3,(H,21,22)/t10-/m1/s1. The molecule has 3 nitrogen and oxygen atoms in total. The van der Waals surface area contributed by atoms with Gasteiger partial charge in [-0.3, -0.25) is 4.79 Å². The van der Waals surface area contributed by atoms with Crippen LogP contribution in [0.15, 0.2) is 42.5 Å². The van der Waals surface area contributed by atoms with Crippen molar-refractivity contribution >= 4 is 34.2 Å². The zero-order chi connectivity index (χ0) is 16.1. The molecule has 1 atom stereocenters. The molecule has 0 aromatic heterocycles. The third-order valence-electron chi connectivity index (χ3n) is 3.12. The highest BCUT2D eigenvalue weighted by Crippen LogP contribution is 2.18. The molecular weight excluding hydrogens is 401 g/mol. The van der Waals surface area contributed by atoms with Crippen LogP contribution in [0.5, 0.6) is 0 Å². The van der Waals surface area contributed by atoms with E-state index in [4.69, 9.17) is 0 Å². The Hall–Kier alpha value is -1.70. The highest BCUT2D eigenvalue weighted by Gasteiger charge is 2.14. The quantitative estimate of drug-likeness (QED) is 0.728. The summed E-state index contributed by atoms with van der Waals surface area (Å²) in [6, 6.07) is 10.4. The average Bonchev–Trinajstić information content (AvgIpc) is 2.46. The van der Waals surface area contributed by atoms with Gasteiger partial charge in [0.05, 0.1) is 12.6 Å². The van der Waals surface area contributed by atoms with Crippen LogP contribution in [0.3, 0.4) is 0 Å². The van der Waals surface area contributed by atoms with E-state index in [1.165, 1.54) is 12.1 Å². The van der Waals surface area contributed by atoms with Crippen molar-refractivity contribution in [2.24, 2.45) is 0 Å². The molecule has 0 aliphatic carbocycles. The van der Waals surface area contributed by atoms with E-state index >= 15 is 0 Å². The molecule has 0 spiro atoms. The SMILES string of the molecule is C[C@@H](NC(=O)CNc1ccccc1I)c1ccc(F)cc1F. The molecule has 2 N–H and O–H groups in total. The minimum absolute atomic E-state index is 0.0766. The number of hydrogen-bond donors (Lipinski definition) is 2. The molecule has 2 aromatic rings. The van der Waals surface area contributed by atoms with Gasteiger partial charge in [-0.1, -0.05) is 18.2 Å². The van der Waals surface area contributed by atoms with Crippen LogP contribution in [0.25, 0.3) is 0 Å². The second-order valence-electron chi connectivity index (χ2n) is 4.79. The van der Waals surface area contributed by atoms with Gasteiger partial charge in [0.2, 0.25) is 5.91 Å². The fourth-order valence-electron chi connectivity index (χ4n) is 2.00. The molecule has 1 amide bonds. The number of halogens is 3. The van der Waals surface area contributed by atoms with Crippen LogP contribution < -0.4 is 10.6 Å². The summed E-state index contributed by atoms with van der Waals surface area (Å²) in [4.78, 5) is 11.9. The molecular formula is C16H15F2IN2O. The second-order valence-corrected chi connectivity index (χ2v) is 5.95. The molecule has 0 saturated heterocycles.